The summed E-state index contributed by atoms with van der Waals surface area (Å²) in [6, 6.07) is 9.72. The number of ether oxygens (including phenoxy) is 1. The monoisotopic (exact) mass is 377 g/mol. The average Bonchev–Trinajstić information content (AvgIpc) is 2.86. The molecular weight excluding hydrogens is 354 g/mol. The zero-order chi connectivity index (χ0) is 18.4. The number of benzene rings is 1. The molecule has 6 heteroatoms. The number of carbonyl (C=O) groups is 2. The molecule has 1 unspecified atom stereocenters. The number of rotatable bonds is 7. The smallest absolute Gasteiger partial charge is 0.307 e. The molecule has 4 nitrogen and oxygen atoms in total. The van der Waals surface area contributed by atoms with Crippen LogP contribution < -0.4 is 0 Å². The number of hydrogen-bond donors (Lipinski definition) is 1. The first-order valence-electron chi connectivity index (χ1n) is 8.22. The number of amides is 1. The van der Waals surface area contributed by atoms with Gasteiger partial charge in [-0.2, -0.15) is 0 Å². The Morgan fingerprint density at radius 2 is 2.04 bits per heavy atom. The average molecular weight is 378 g/mol. The van der Waals surface area contributed by atoms with Crippen LogP contribution in [0, 0.1) is 0 Å². The summed E-state index contributed by atoms with van der Waals surface area (Å²) in [5, 5.41) is 0. The highest BCUT2D eigenvalue weighted by Gasteiger charge is 2.36. The van der Waals surface area contributed by atoms with Gasteiger partial charge in [0.25, 0.3) is 5.91 Å². The number of thioether (sulfide) groups is 1. The highest BCUT2D eigenvalue weighted by Crippen LogP contribution is 2.43. The van der Waals surface area contributed by atoms with E-state index in [1.165, 1.54) is 11.8 Å². The van der Waals surface area contributed by atoms with E-state index in [1.54, 1.807) is 4.90 Å². The Bertz CT molecular complexity index is 685. The third-order valence-corrected chi connectivity index (χ3v) is 5.36. The zero-order valence-electron chi connectivity index (χ0n) is 14.5. The molecule has 2 rings (SSSR count). The van der Waals surface area contributed by atoms with Gasteiger partial charge in [-0.05, 0) is 24.5 Å². The second-order valence-corrected chi connectivity index (χ2v) is 7.69. The van der Waals surface area contributed by atoms with Crippen LogP contribution in [-0.4, -0.2) is 34.6 Å². The topological polar surface area (TPSA) is 46.6 Å². The summed E-state index contributed by atoms with van der Waals surface area (Å²) in [7, 11) is 0. The number of nitrogens with zero attached hydrogens (tertiary/aromatic N) is 1. The van der Waals surface area contributed by atoms with Crippen LogP contribution in [0.1, 0.15) is 32.3 Å². The predicted molar refractivity (Wildman–Crippen MR) is 106 cm³/mol. The van der Waals surface area contributed by atoms with Crippen LogP contribution in [-0.2, 0) is 14.3 Å². The molecule has 1 aromatic rings. The first-order valence-corrected chi connectivity index (χ1v) is 9.62. The van der Waals surface area contributed by atoms with Gasteiger partial charge in [-0.25, -0.2) is 0 Å². The largest absolute Gasteiger partial charge is 0.466 e. The number of hydrogen-bond acceptors (Lipinski definition) is 5. The Kier molecular flexibility index (Phi) is 7.20. The molecule has 134 valence electrons. The Hall–Kier alpha value is -1.66. The van der Waals surface area contributed by atoms with Crippen LogP contribution in [0.4, 0.5) is 0 Å². The van der Waals surface area contributed by atoms with Crippen molar-refractivity contribution < 1.29 is 14.3 Å². The molecule has 25 heavy (non-hydrogen) atoms. The van der Waals surface area contributed by atoms with Crippen LogP contribution in [0.3, 0.4) is 0 Å². The van der Waals surface area contributed by atoms with E-state index >= 15 is 0 Å². The molecule has 1 saturated heterocycles. The predicted octanol–water partition coefficient (Wildman–Crippen LogP) is 4.11. The minimum Gasteiger partial charge on any atom is -0.466 e. The first-order chi connectivity index (χ1) is 12.0. The molecule has 0 aliphatic carbocycles. The summed E-state index contributed by atoms with van der Waals surface area (Å²) in [5.41, 5.74) is 2.62. The van der Waals surface area contributed by atoms with Gasteiger partial charge in [0.05, 0.1) is 17.9 Å². The fraction of sp³-hybridized carbons (Fsp3) is 0.368. The van der Waals surface area contributed by atoms with Crippen molar-refractivity contribution in [2.75, 3.05) is 13.2 Å². The van der Waals surface area contributed by atoms with Gasteiger partial charge in [0, 0.05) is 12.1 Å². The SMILES string of the molecule is C=C(C)/C(=C1/SC(S)N(CCC(=O)OCCC)C1=O)c1ccccc1. The zero-order valence-corrected chi connectivity index (χ0v) is 16.2. The van der Waals surface area contributed by atoms with Crippen LogP contribution in [0.15, 0.2) is 47.4 Å². The molecule has 1 aliphatic heterocycles. The maximum atomic E-state index is 12.9. The van der Waals surface area contributed by atoms with Crippen LogP contribution in [0.5, 0.6) is 0 Å². The lowest BCUT2D eigenvalue weighted by molar-refractivity contribution is -0.144. The molecule has 1 atom stereocenters. The summed E-state index contributed by atoms with van der Waals surface area (Å²) in [4.78, 5) is 26.8. The molecule has 0 saturated carbocycles. The Labute approximate surface area is 158 Å². The molecule has 0 N–H and O–H groups in total. The van der Waals surface area contributed by atoms with Crippen LogP contribution >= 0.6 is 24.4 Å². The van der Waals surface area contributed by atoms with E-state index in [9.17, 15) is 9.59 Å². The highest BCUT2D eigenvalue weighted by molar-refractivity contribution is 8.14. The van der Waals surface area contributed by atoms with Gasteiger partial charge in [0.1, 0.15) is 4.71 Å². The van der Waals surface area contributed by atoms with Gasteiger partial charge in [0.2, 0.25) is 0 Å². The number of carbonyl (C=O) groups excluding carboxylic acids is 2. The second kappa shape index (κ2) is 9.15. The lowest BCUT2D eigenvalue weighted by Gasteiger charge is -2.18. The lowest BCUT2D eigenvalue weighted by atomic mass is 9.99. The molecule has 1 amide bonds. The van der Waals surface area contributed by atoms with E-state index in [1.807, 2.05) is 44.2 Å². The standard InChI is InChI=1S/C19H23NO3S2/c1-4-12-23-15(21)10-11-20-18(22)17(25-19(20)24)16(13(2)3)14-8-6-5-7-9-14/h5-9,19,24H,2,4,10-12H2,1,3H3/b17-16-. The fourth-order valence-corrected chi connectivity index (χ4v) is 4.21. The van der Waals surface area contributed by atoms with Crippen molar-refractivity contribution in [1.82, 2.24) is 4.90 Å². The first kappa shape index (κ1) is 19.7. The van der Waals surface area contributed by atoms with Crippen molar-refractivity contribution in [1.29, 1.82) is 0 Å². The molecule has 1 fully saturated rings. The summed E-state index contributed by atoms with van der Waals surface area (Å²) >= 11 is 5.90. The van der Waals surface area contributed by atoms with E-state index in [2.05, 4.69) is 19.2 Å². The van der Waals surface area contributed by atoms with E-state index in [0.717, 1.165) is 23.1 Å². The number of allylic oxidation sites excluding steroid dienone is 2. The molecule has 0 aromatic heterocycles. The van der Waals surface area contributed by atoms with Crippen molar-refractivity contribution in [3.63, 3.8) is 0 Å². The van der Waals surface area contributed by atoms with E-state index in [0.29, 0.717) is 18.1 Å². The van der Waals surface area contributed by atoms with Gasteiger partial charge >= 0.3 is 5.97 Å². The number of thiol groups is 1. The fourth-order valence-electron chi connectivity index (χ4n) is 2.50. The Morgan fingerprint density at radius 3 is 2.64 bits per heavy atom. The van der Waals surface area contributed by atoms with Crippen molar-refractivity contribution in [3.05, 3.63) is 53.0 Å². The van der Waals surface area contributed by atoms with E-state index < -0.39 is 0 Å². The third kappa shape index (κ3) is 4.92. The molecule has 1 heterocycles. The minimum absolute atomic E-state index is 0.116. The molecule has 1 aliphatic rings. The highest BCUT2D eigenvalue weighted by atomic mass is 32.2. The maximum absolute atomic E-state index is 12.9. The van der Waals surface area contributed by atoms with E-state index in [-0.39, 0.29) is 23.0 Å². The van der Waals surface area contributed by atoms with Crippen LogP contribution in [0.25, 0.3) is 5.57 Å². The molecule has 0 spiro atoms. The molecular formula is C19H23NO3S2. The number of esters is 1. The van der Waals surface area contributed by atoms with Crippen molar-refractivity contribution >= 4 is 41.8 Å². The van der Waals surface area contributed by atoms with Crippen LogP contribution in [0.2, 0.25) is 0 Å². The van der Waals surface area contributed by atoms with E-state index in [4.69, 9.17) is 4.74 Å². The lowest BCUT2D eigenvalue weighted by Crippen LogP contribution is -2.32. The Morgan fingerprint density at radius 1 is 1.36 bits per heavy atom. The summed E-state index contributed by atoms with van der Waals surface area (Å²) in [6.45, 7) is 8.56. The van der Waals surface area contributed by atoms with Crippen molar-refractivity contribution in [3.8, 4) is 0 Å². The van der Waals surface area contributed by atoms with Crippen molar-refractivity contribution in [2.45, 2.75) is 31.4 Å². The summed E-state index contributed by atoms with van der Waals surface area (Å²) in [6.07, 6.45) is 0.954. The Balaban J connectivity index is 2.19. The molecule has 1 aromatic carbocycles. The second-order valence-electron chi connectivity index (χ2n) is 5.76. The third-order valence-electron chi connectivity index (χ3n) is 3.69. The molecule has 0 bridgehead atoms. The maximum Gasteiger partial charge on any atom is 0.307 e. The van der Waals surface area contributed by atoms with Gasteiger partial charge < -0.3 is 9.64 Å². The van der Waals surface area contributed by atoms with Gasteiger partial charge in [-0.3, -0.25) is 9.59 Å². The van der Waals surface area contributed by atoms with Crippen molar-refractivity contribution in [2.24, 2.45) is 0 Å². The molecule has 0 radical (unpaired) electrons. The van der Waals surface area contributed by atoms with Gasteiger partial charge in [-0.15, -0.1) is 12.6 Å². The van der Waals surface area contributed by atoms with Gasteiger partial charge in [-0.1, -0.05) is 55.6 Å². The minimum atomic E-state index is -0.320. The van der Waals surface area contributed by atoms with Gasteiger partial charge in [0.15, 0.2) is 0 Å². The summed E-state index contributed by atoms with van der Waals surface area (Å²) in [5.74, 6) is -0.407. The quantitative estimate of drug-likeness (QED) is 0.441. The normalized spacial score (nSPS) is 19.1. The summed E-state index contributed by atoms with van der Waals surface area (Å²) < 4.78 is 4.75.